The minimum Gasteiger partial charge on any atom is -0.442 e. The number of amides is 1. The lowest BCUT2D eigenvalue weighted by Gasteiger charge is -2.17. The van der Waals surface area contributed by atoms with Crippen molar-refractivity contribution >= 4 is 34.5 Å². The van der Waals surface area contributed by atoms with Gasteiger partial charge in [0, 0.05) is 6.92 Å². The Kier molecular flexibility index (Phi) is 6.09. The van der Waals surface area contributed by atoms with E-state index in [2.05, 4.69) is 9.98 Å². The van der Waals surface area contributed by atoms with Crippen LogP contribution in [-0.4, -0.2) is 34.6 Å². The van der Waals surface area contributed by atoms with Crippen LogP contribution in [0.3, 0.4) is 0 Å². The fourth-order valence-electron chi connectivity index (χ4n) is 0.701. The Morgan fingerprint density at radius 3 is 2.00 bits per heavy atom. The summed E-state index contributed by atoms with van der Waals surface area (Å²) >= 11 is 1.18. The zero-order valence-corrected chi connectivity index (χ0v) is 11.8. The number of ether oxygens (including phenoxy) is 1. The molecule has 17 heavy (non-hydrogen) atoms. The second-order valence-corrected chi connectivity index (χ2v) is 5.11. The van der Waals surface area contributed by atoms with E-state index >= 15 is 0 Å². The molecule has 0 aromatic heterocycles. The van der Waals surface area contributed by atoms with Gasteiger partial charge in [-0.05, 0) is 34.0 Å². The van der Waals surface area contributed by atoms with Crippen LogP contribution in [0.2, 0.25) is 0 Å². The van der Waals surface area contributed by atoms with Crippen molar-refractivity contribution in [2.75, 3.05) is 6.26 Å². The third-order valence-corrected chi connectivity index (χ3v) is 2.08. The number of hydrogen-bond donors (Lipinski definition) is 0. The number of carbonyl (C=O) groups excluding carboxylic acids is 2. The van der Waals surface area contributed by atoms with Crippen LogP contribution in [-0.2, 0) is 9.53 Å². The zero-order valence-electron chi connectivity index (χ0n) is 11.0. The zero-order chi connectivity index (χ0) is 13.6. The van der Waals surface area contributed by atoms with E-state index in [9.17, 15) is 9.59 Å². The van der Waals surface area contributed by atoms with Crippen LogP contribution in [0.25, 0.3) is 0 Å². The Bertz CT molecular complexity index is 367. The van der Waals surface area contributed by atoms with Crippen LogP contribution in [0, 0.1) is 0 Å². The molecule has 0 unspecified atom stereocenters. The molecule has 0 atom stereocenters. The molecule has 0 saturated carbocycles. The monoisotopic (exact) mass is 258 g/mol. The van der Waals surface area contributed by atoms with E-state index in [0.717, 1.165) is 0 Å². The van der Waals surface area contributed by atoms with E-state index in [0.29, 0.717) is 5.71 Å². The number of nitrogens with zero attached hydrogens (tertiary/aromatic N) is 2. The molecule has 1 amide bonds. The average Bonchev–Trinajstić information content (AvgIpc) is 2.13. The van der Waals surface area contributed by atoms with Crippen molar-refractivity contribution in [3.63, 3.8) is 0 Å². The third kappa shape index (κ3) is 7.68. The average molecular weight is 258 g/mol. The van der Waals surface area contributed by atoms with Gasteiger partial charge in [-0.25, -0.2) is 9.79 Å². The second kappa shape index (κ2) is 6.54. The standard InChI is InChI=1S/C11H18N2O3S/c1-7(8(2)14)12-9(17-6)13-10(15)16-11(3,4)5/h1-6H3. The first-order valence-corrected chi connectivity index (χ1v) is 6.30. The Labute approximate surface area is 106 Å². The second-order valence-electron chi connectivity index (χ2n) is 4.33. The summed E-state index contributed by atoms with van der Waals surface area (Å²) in [4.78, 5) is 30.0. The van der Waals surface area contributed by atoms with Crippen molar-refractivity contribution in [3.8, 4) is 0 Å². The summed E-state index contributed by atoms with van der Waals surface area (Å²) in [5, 5.41) is 0.215. The largest absolute Gasteiger partial charge is 0.442 e. The van der Waals surface area contributed by atoms with E-state index in [1.807, 2.05) is 0 Å². The Morgan fingerprint density at radius 1 is 1.12 bits per heavy atom. The molecular formula is C11H18N2O3S. The summed E-state index contributed by atoms with van der Waals surface area (Å²) in [6.45, 7) is 8.24. The molecule has 0 N–H and O–H groups in total. The summed E-state index contributed by atoms with van der Waals surface area (Å²) in [7, 11) is 0. The minimum absolute atomic E-state index is 0.157. The third-order valence-electron chi connectivity index (χ3n) is 1.54. The highest BCUT2D eigenvalue weighted by atomic mass is 32.2. The highest BCUT2D eigenvalue weighted by Gasteiger charge is 2.16. The molecular weight excluding hydrogens is 240 g/mol. The van der Waals surface area contributed by atoms with Crippen LogP contribution in [0.5, 0.6) is 0 Å². The van der Waals surface area contributed by atoms with Gasteiger partial charge in [0.2, 0.25) is 0 Å². The Morgan fingerprint density at radius 2 is 1.65 bits per heavy atom. The molecule has 0 aromatic carbocycles. The van der Waals surface area contributed by atoms with Crippen molar-refractivity contribution in [1.82, 2.24) is 0 Å². The molecule has 96 valence electrons. The maximum absolute atomic E-state index is 11.4. The highest BCUT2D eigenvalue weighted by Crippen LogP contribution is 2.10. The Hall–Kier alpha value is -1.17. The first kappa shape index (κ1) is 15.8. The predicted octanol–water partition coefficient (Wildman–Crippen LogP) is 2.69. The van der Waals surface area contributed by atoms with Gasteiger partial charge < -0.3 is 4.74 Å². The number of ketones is 1. The molecule has 6 heteroatoms. The van der Waals surface area contributed by atoms with Gasteiger partial charge in [0.1, 0.15) is 5.60 Å². The number of hydrogen-bond acceptors (Lipinski definition) is 4. The number of thioether (sulfide) groups is 1. The van der Waals surface area contributed by atoms with E-state index in [1.165, 1.54) is 18.7 Å². The van der Waals surface area contributed by atoms with Crippen LogP contribution in [0.4, 0.5) is 4.79 Å². The van der Waals surface area contributed by atoms with Gasteiger partial charge in [0.15, 0.2) is 11.0 Å². The fourth-order valence-corrected chi connectivity index (χ4v) is 1.10. The molecule has 0 heterocycles. The lowest BCUT2D eigenvalue weighted by atomic mass is 10.2. The maximum Gasteiger partial charge on any atom is 0.436 e. The SMILES string of the molecule is CSC(=NC(=O)OC(C)(C)C)N=C(C)C(C)=O. The topological polar surface area (TPSA) is 68.1 Å². The van der Waals surface area contributed by atoms with Gasteiger partial charge in [0.05, 0.1) is 5.71 Å². The van der Waals surface area contributed by atoms with Crippen molar-refractivity contribution in [2.24, 2.45) is 9.98 Å². The summed E-state index contributed by atoms with van der Waals surface area (Å²) in [5.41, 5.74) is -0.287. The Balaban J connectivity index is 4.84. The molecule has 5 nitrogen and oxygen atoms in total. The molecule has 0 bridgehead atoms. The van der Waals surface area contributed by atoms with Gasteiger partial charge >= 0.3 is 6.09 Å². The van der Waals surface area contributed by atoms with Gasteiger partial charge in [-0.3, -0.25) is 4.79 Å². The van der Waals surface area contributed by atoms with Crippen LogP contribution < -0.4 is 0 Å². The lowest BCUT2D eigenvalue weighted by Crippen LogP contribution is -2.22. The lowest BCUT2D eigenvalue weighted by molar-refractivity contribution is -0.111. The van der Waals surface area contributed by atoms with E-state index in [1.54, 1.807) is 34.0 Å². The molecule has 0 aromatic rings. The molecule has 0 rings (SSSR count). The number of aliphatic imine (C=N–C) groups is 2. The summed E-state index contributed by atoms with van der Waals surface area (Å²) < 4.78 is 5.02. The molecule has 0 spiro atoms. The van der Waals surface area contributed by atoms with Crippen molar-refractivity contribution in [1.29, 1.82) is 0 Å². The molecule has 0 aliphatic rings. The maximum atomic E-state index is 11.4. The first-order chi connectivity index (χ1) is 7.65. The fraction of sp³-hybridized carbons (Fsp3) is 0.636. The van der Waals surface area contributed by atoms with Crippen LogP contribution in [0.1, 0.15) is 34.6 Å². The normalized spacial score (nSPS) is 13.5. The molecule has 0 radical (unpaired) electrons. The van der Waals surface area contributed by atoms with Crippen LogP contribution in [0.15, 0.2) is 9.98 Å². The van der Waals surface area contributed by atoms with Crippen molar-refractivity contribution in [2.45, 2.75) is 40.2 Å². The predicted molar refractivity (Wildman–Crippen MR) is 71.0 cm³/mol. The summed E-state index contributed by atoms with van der Waals surface area (Å²) in [6, 6.07) is 0. The van der Waals surface area contributed by atoms with E-state index < -0.39 is 11.7 Å². The number of Topliss-reactive ketones (excluding diaryl/α,β-unsaturated/α-hetero) is 1. The first-order valence-electron chi connectivity index (χ1n) is 5.07. The molecule has 0 fully saturated rings. The summed E-state index contributed by atoms with van der Waals surface area (Å²) in [5.74, 6) is -0.157. The number of carbonyl (C=O) groups is 2. The van der Waals surface area contributed by atoms with Gasteiger partial charge in [0.25, 0.3) is 0 Å². The van der Waals surface area contributed by atoms with Crippen molar-refractivity contribution < 1.29 is 14.3 Å². The molecule has 0 aliphatic carbocycles. The van der Waals surface area contributed by atoms with Crippen molar-refractivity contribution in [3.05, 3.63) is 0 Å². The number of amidine groups is 1. The van der Waals surface area contributed by atoms with Gasteiger partial charge in [-0.15, -0.1) is 4.99 Å². The number of rotatable bonds is 1. The smallest absolute Gasteiger partial charge is 0.436 e. The highest BCUT2D eigenvalue weighted by molar-refractivity contribution is 8.13. The van der Waals surface area contributed by atoms with E-state index in [-0.39, 0.29) is 11.0 Å². The quantitative estimate of drug-likeness (QED) is 0.535. The van der Waals surface area contributed by atoms with Gasteiger partial charge in [-0.2, -0.15) is 0 Å². The minimum atomic E-state index is -0.707. The van der Waals surface area contributed by atoms with E-state index in [4.69, 9.17) is 4.74 Å². The van der Waals surface area contributed by atoms with Crippen LogP contribution >= 0.6 is 11.8 Å². The summed E-state index contributed by atoms with van der Waals surface area (Å²) in [6.07, 6.45) is 1.02. The molecule has 0 saturated heterocycles. The molecule has 0 aliphatic heterocycles. The van der Waals surface area contributed by atoms with Gasteiger partial charge in [-0.1, -0.05) is 11.8 Å².